The Morgan fingerprint density at radius 3 is 2.67 bits per heavy atom. The first-order chi connectivity index (χ1) is 20.1. The molecule has 42 heavy (non-hydrogen) atoms. The molecule has 1 saturated heterocycles. The number of amidine groups is 1. The molecule has 0 atom stereocenters. The van der Waals surface area contributed by atoms with Gasteiger partial charge in [-0.15, -0.1) is 18.3 Å². The monoisotopic (exact) mass is 610 g/mol. The number of carbonyl (C=O) groups is 1. The molecule has 1 amide bonds. The summed E-state index contributed by atoms with van der Waals surface area (Å²) >= 11 is 6.82. The fourth-order valence-electron chi connectivity index (χ4n) is 4.27. The van der Waals surface area contributed by atoms with E-state index in [1.54, 1.807) is 4.90 Å². The van der Waals surface area contributed by atoms with Gasteiger partial charge in [0, 0.05) is 12.1 Å². The Kier molecular flexibility index (Phi) is 8.59. The number of thioether (sulfide) groups is 1. The molecule has 4 aromatic rings. The highest BCUT2D eigenvalue weighted by Crippen LogP contribution is 2.30. The summed E-state index contributed by atoms with van der Waals surface area (Å²) in [5.41, 5.74) is 5.19. The maximum Gasteiger partial charge on any atom is 0.573 e. The predicted molar refractivity (Wildman–Crippen MR) is 161 cm³/mol. The van der Waals surface area contributed by atoms with E-state index in [1.807, 2.05) is 56.3 Å². The number of carbonyl (C=O) groups excluding carboxylic acids is 1. The zero-order valence-corrected chi connectivity index (χ0v) is 24.2. The van der Waals surface area contributed by atoms with E-state index in [1.165, 1.54) is 47.0 Å². The van der Waals surface area contributed by atoms with Crippen LogP contribution < -0.4 is 15.0 Å². The van der Waals surface area contributed by atoms with Crippen LogP contribution in [0.4, 0.5) is 18.9 Å². The second-order valence-corrected chi connectivity index (χ2v) is 10.8. The molecule has 1 aliphatic heterocycles. The number of nitrogens with zero attached hydrogens (tertiary/aromatic N) is 5. The number of thiocarbonyl (C=S) groups is 1. The molecule has 3 aromatic carbocycles. The minimum Gasteiger partial charge on any atom is -0.406 e. The number of aromatic nitrogens is 3. The standard InChI is InChI=1S/C29H25F3N6O2S2/c1-18-6-7-19(2)24(14-18)38-25(39)16-42-28(38)35-27(41)33-13-12-20-4-3-5-21(15-20)26-34-17-37(36-26)22-8-10-23(11-9-22)40-29(30,31)32/h3-11,14-15,17H,12-13,16H2,1-2H3,(H,33,41)/b35-28-. The lowest BCUT2D eigenvalue weighted by atomic mass is 10.1. The summed E-state index contributed by atoms with van der Waals surface area (Å²) in [6.07, 6.45) is -2.61. The molecule has 0 spiro atoms. The highest BCUT2D eigenvalue weighted by atomic mass is 32.2. The first-order valence-electron chi connectivity index (χ1n) is 12.8. The average Bonchev–Trinajstić information content (AvgIpc) is 3.57. The Morgan fingerprint density at radius 1 is 1.12 bits per heavy atom. The van der Waals surface area contributed by atoms with Crippen molar-refractivity contribution in [1.29, 1.82) is 0 Å². The third-order valence-corrected chi connectivity index (χ3v) is 7.43. The van der Waals surface area contributed by atoms with Gasteiger partial charge in [0.1, 0.15) is 12.1 Å². The lowest BCUT2D eigenvalue weighted by Gasteiger charge is -2.19. The first-order valence-corrected chi connectivity index (χ1v) is 14.2. The van der Waals surface area contributed by atoms with Crippen LogP contribution in [0.2, 0.25) is 0 Å². The lowest BCUT2D eigenvalue weighted by Crippen LogP contribution is -2.32. The molecule has 0 radical (unpaired) electrons. The van der Waals surface area contributed by atoms with Gasteiger partial charge in [0.2, 0.25) is 5.91 Å². The van der Waals surface area contributed by atoms with Crippen molar-refractivity contribution >= 4 is 45.9 Å². The van der Waals surface area contributed by atoms with Gasteiger partial charge in [-0.05, 0) is 85.6 Å². The molecule has 13 heteroatoms. The van der Waals surface area contributed by atoms with Crippen LogP contribution in [0.1, 0.15) is 16.7 Å². The normalized spacial score (nSPS) is 14.5. The van der Waals surface area contributed by atoms with Gasteiger partial charge >= 0.3 is 6.36 Å². The number of aliphatic imine (C=N–C) groups is 1. The van der Waals surface area contributed by atoms with Gasteiger partial charge in [0.05, 0.1) is 17.1 Å². The van der Waals surface area contributed by atoms with Crippen LogP contribution in [0.15, 0.2) is 78.0 Å². The van der Waals surface area contributed by atoms with Gasteiger partial charge < -0.3 is 10.1 Å². The van der Waals surface area contributed by atoms with E-state index in [4.69, 9.17) is 12.2 Å². The molecule has 1 aromatic heterocycles. The van der Waals surface area contributed by atoms with Crippen LogP contribution in [0, 0.1) is 13.8 Å². The summed E-state index contributed by atoms with van der Waals surface area (Å²) in [6, 6.07) is 19.1. The van der Waals surface area contributed by atoms with Crippen LogP contribution in [0.25, 0.3) is 17.1 Å². The van der Waals surface area contributed by atoms with Crippen LogP contribution in [0.5, 0.6) is 5.75 Å². The van der Waals surface area contributed by atoms with Gasteiger partial charge in [-0.3, -0.25) is 9.69 Å². The first kappa shape index (κ1) is 29.3. The van der Waals surface area contributed by atoms with Crippen molar-refractivity contribution in [3.05, 3.63) is 89.7 Å². The highest BCUT2D eigenvalue weighted by Gasteiger charge is 2.32. The Balaban J connectivity index is 1.20. The van der Waals surface area contributed by atoms with Crippen molar-refractivity contribution in [2.24, 2.45) is 4.99 Å². The number of anilines is 1. The summed E-state index contributed by atoms with van der Waals surface area (Å²) in [5.74, 6) is 0.434. The van der Waals surface area contributed by atoms with E-state index < -0.39 is 6.36 Å². The van der Waals surface area contributed by atoms with E-state index >= 15 is 0 Å². The number of amides is 1. The molecule has 0 saturated carbocycles. The maximum atomic E-state index is 12.6. The van der Waals surface area contributed by atoms with Crippen molar-refractivity contribution in [3.8, 4) is 22.8 Å². The summed E-state index contributed by atoms with van der Waals surface area (Å²) in [6.45, 7) is 4.46. The summed E-state index contributed by atoms with van der Waals surface area (Å²) < 4.78 is 42.6. The quantitative estimate of drug-likeness (QED) is 0.257. The van der Waals surface area contributed by atoms with E-state index in [0.717, 1.165) is 27.9 Å². The van der Waals surface area contributed by atoms with Crippen molar-refractivity contribution < 1.29 is 22.7 Å². The van der Waals surface area contributed by atoms with E-state index in [-0.39, 0.29) is 11.7 Å². The predicted octanol–water partition coefficient (Wildman–Crippen LogP) is 6.00. The molecule has 8 nitrogen and oxygen atoms in total. The number of halogens is 3. The topological polar surface area (TPSA) is 84.6 Å². The number of aryl methyl sites for hydroxylation is 2. The molecule has 2 heterocycles. The van der Waals surface area contributed by atoms with Crippen molar-refractivity contribution in [3.63, 3.8) is 0 Å². The molecule has 1 aliphatic rings. The number of nitrogens with one attached hydrogen (secondary N) is 1. The zero-order valence-electron chi connectivity index (χ0n) is 22.6. The van der Waals surface area contributed by atoms with E-state index in [9.17, 15) is 18.0 Å². The maximum absolute atomic E-state index is 12.6. The SMILES string of the molecule is Cc1ccc(C)c(N2C(=O)CS/C2=N\C(=S)NCCc2cccc(-c3ncn(-c4ccc(OC(F)(F)F)cc4)n3)c2)c1. The fraction of sp³-hybridized carbons (Fsp3) is 0.207. The third-order valence-electron chi connectivity index (χ3n) is 6.27. The summed E-state index contributed by atoms with van der Waals surface area (Å²) in [5, 5.41) is 8.47. The summed E-state index contributed by atoms with van der Waals surface area (Å²) in [7, 11) is 0. The molecular formula is C29H25F3N6O2S2. The van der Waals surface area contributed by atoms with Gasteiger partial charge in [-0.1, -0.05) is 42.1 Å². The molecule has 1 fully saturated rings. The largest absolute Gasteiger partial charge is 0.573 e. The van der Waals surface area contributed by atoms with Crippen LogP contribution in [-0.2, 0) is 11.2 Å². The van der Waals surface area contributed by atoms with Crippen LogP contribution in [0.3, 0.4) is 0 Å². The lowest BCUT2D eigenvalue weighted by molar-refractivity contribution is -0.274. The van der Waals surface area contributed by atoms with Crippen molar-refractivity contribution in [2.45, 2.75) is 26.6 Å². The molecular weight excluding hydrogens is 585 g/mol. The van der Waals surface area contributed by atoms with Gasteiger partial charge in [-0.2, -0.15) is 4.99 Å². The highest BCUT2D eigenvalue weighted by molar-refractivity contribution is 8.15. The Labute approximate surface area is 249 Å². The molecule has 5 rings (SSSR count). The van der Waals surface area contributed by atoms with Gasteiger partial charge in [0.25, 0.3) is 0 Å². The Morgan fingerprint density at radius 2 is 1.90 bits per heavy atom. The molecule has 0 unspecified atom stereocenters. The smallest absolute Gasteiger partial charge is 0.406 e. The number of rotatable bonds is 7. The minimum absolute atomic E-state index is 0.0319. The average molecular weight is 611 g/mol. The molecule has 0 bridgehead atoms. The number of alkyl halides is 3. The minimum atomic E-state index is -4.75. The number of ether oxygens (including phenoxy) is 1. The summed E-state index contributed by atoms with van der Waals surface area (Å²) in [4.78, 5) is 23.1. The molecule has 216 valence electrons. The van der Waals surface area contributed by atoms with Crippen molar-refractivity contribution in [2.75, 3.05) is 17.2 Å². The fourth-order valence-corrected chi connectivity index (χ4v) is 5.38. The second-order valence-electron chi connectivity index (χ2n) is 9.44. The zero-order chi connectivity index (χ0) is 29.9. The second kappa shape index (κ2) is 12.3. The molecule has 1 N–H and O–H groups in total. The Hall–Kier alpha value is -4.23. The number of hydrogen-bond acceptors (Lipinski definition) is 6. The van der Waals surface area contributed by atoms with Crippen LogP contribution >= 0.6 is 24.0 Å². The third kappa shape index (κ3) is 7.15. The van der Waals surface area contributed by atoms with E-state index in [0.29, 0.717) is 40.5 Å². The molecule has 0 aliphatic carbocycles. The van der Waals surface area contributed by atoms with Gasteiger partial charge in [0.15, 0.2) is 16.1 Å². The number of hydrogen-bond donors (Lipinski definition) is 1. The van der Waals surface area contributed by atoms with E-state index in [2.05, 4.69) is 25.1 Å². The number of benzene rings is 3. The van der Waals surface area contributed by atoms with Crippen LogP contribution in [-0.4, -0.2) is 49.6 Å². The van der Waals surface area contributed by atoms with Gasteiger partial charge in [-0.25, -0.2) is 9.67 Å². The Bertz CT molecular complexity index is 1650. The van der Waals surface area contributed by atoms with Crippen molar-refractivity contribution in [1.82, 2.24) is 20.1 Å².